The summed E-state index contributed by atoms with van der Waals surface area (Å²) in [5.74, 6) is 0.428. The van der Waals surface area contributed by atoms with E-state index in [0.29, 0.717) is 22.8 Å². The van der Waals surface area contributed by atoms with E-state index in [1.165, 1.54) is 4.57 Å². The number of aryl methyl sites for hydroxylation is 1. The fraction of sp³-hybridized carbons (Fsp3) is 0.500. The van der Waals surface area contributed by atoms with Gasteiger partial charge in [-0.1, -0.05) is 12.1 Å². The molecule has 1 saturated heterocycles. The Balaban J connectivity index is 1.73. The fourth-order valence-electron chi connectivity index (χ4n) is 3.26. The minimum Gasteiger partial charge on any atom is -0.350 e. The number of carbonyl (C=O) groups is 1. The molecule has 1 N–H and O–H groups in total. The minimum absolute atomic E-state index is 0.0146. The third-order valence-electron chi connectivity index (χ3n) is 4.67. The molecule has 0 spiro atoms. The van der Waals surface area contributed by atoms with Gasteiger partial charge >= 0.3 is 0 Å². The Bertz CT molecular complexity index is 812. The van der Waals surface area contributed by atoms with Gasteiger partial charge < -0.3 is 5.32 Å². The van der Waals surface area contributed by atoms with E-state index in [4.69, 9.17) is 0 Å². The molecule has 1 aliphatic rings. The lowest BCUT2D eigenvalue weighted by Gasteiger charge is -2.20. The van der Waals surface area contributed by atoms with E-state index in [0.717, 1.165) is 19.5 Å². The molecule has 1 unspecified atom stereocenters. The first-order valence-electron chi connectivity index (χ1n) is 8.45. The summed E-state index contributed by atoms with van der Waals surface area (Å²) in [7, 11) is 0. The van der Waals surface area contributed by atoms with Crippen LogP contribution in [0.25, 0.3) is 10.9 Å². The molecule has 0 radical (unpaired) electrons. The van der Waals surface area contributed by atoms with Gasteiger partial charge in [-0.3, -0.25) is 19.1 Å². The van der Waals surface area contributed by atoms with Crippen LogP contribution < -0.4 is 10.9 Å². The molecule has 0 bridgehead atoms. The smallest absolute Gasteiger partial charge is 0.261 e. The number of likely N-dealkylation sites (tertiary alicyclic amines) is 1. The molecule has 6 heteroatoms. The van der Waals surface area contributed by atoms with Crippen LogP contribution in [-0.4, -0.2) is 45.5 Å². The monoisotopic (exact) mass is 328 g/mol. The lowest BCUT2D eigenvalue weighted by molar-refractivity contribution is -0.122. The van der Waals surface area contributed by atoms with E-state index < -0.39 is 0 Å². The maximum absolute atomic E-state index is 12.6. The molecule has 0 saturated carbocycles. The zero-order chi connectivity index (χ0) is 17.3. The van der Waals surface area contributed by atoms with Crippen molar-refractivity contribution in [3.63, 3.8) is 0 Å². The van der Waals surface area contributed by atoms with Crippen molar-refractivity contribution in [1.82, 2.24) is 19.8 Å². The first-order valence-corrected chi connectivity index (χ1v) is 8.45. The number of nitrogens with zero attached hydrogens (tertiary/aromatic N) is 3. The van der Waals surface area contributed by atoms with E-state index in [2.05, 4.69) is 29.0 Å². The molecule has 24 heavy (non-hydrogen) atoms. The highest BCUT2D eigenvalue weighted by Gasteiger charge is 2.25. The average molecular weight is 328 g/mol. The number of aromatic nitrogens is 2. The Morgan fingerprint density at radius 1 is 1.38 bits per heavy atom. The van der Waals surface area contributed by atoms with Gasteiger partial charge in [0.05, 0.1) is 10.9 Å². The molecule has 2 aromatic rings. The van der Waals surface area contributed by atoms with Crippen molar-refractivity contribution < 1.29 is 4.79 Å². The Hall–Kier alpha value is -2.21. The SMILES string of the molecule is Cc1nc2ccccc2c(=O)n1CC(=O)NC1CCN(C(C)C)C1. The molecule has 1 atom stereocenters. The Morgan fingerprint density at radius 3 is 2.83 bits per heavy atom. The molecule has 2 heterocycles. The van der Waals surface area contributed by atoms with Gasteiger partial charge in [0.1, 0.15) is 12.4 Å². The number of hydrogen-bond acceptors (Lipinski definition) is 4. The van der Waals surface area contributed by atoms with Crippen LogP contribution in [0.15, 0.2) is 29.1 Å². The standard InChI is InChI=1S/C18H24N4O2/c1-12(2)21-9-8-14(10-21)20-17(23)11-22-13(3)19-16-7-5-4-6-15(16)18(22)24/h4-7,12,14H,8-11H2,1-3H3,(H,20,23). The van der Waals surface area contributed by atoms with Gasteiger partial charge in [-0.05, 0) is 39.3 Å². The summed E-state index contributed by atoms with van der Waals surface area (Å²) in [6.45, 7) is 7.96. The number of rotatable bonds is 4. The lowest BCUT2D eigenvalue weighted by atomic mass is 10.2. The van der Waals surface area contributed by atoms with E-state index in [1.807, 2.05) is 18.2 Å². The highest BCUT2D eigenvalue weighted by molar-refractivity contribution is 5.79. The van der Waals surface area contributed by atoms with Gasteiger partial charge in [-0.25, -0.2) is 4.98 Å². The van der Waals surface area contributed by atoms with E-state index in [-0.39, 0.29) is 24.1 Å². The summed E-state index contributed by atoms with van der Waals surface area (Å²) in [6.07, 6.45) is 0.952. The molecule has 1 aromatic carbocycles. The quantitative estimate of drug-likeness (QED) is 0.919. The van der Waals surface area contributed by atoms with Gasteiger partial charge in [0.15, 0.2) is 0 Å². The largest absolute Gasteiger partial charge is 0.350 e. The first-order chi connectivity index (χ1) is 11.5. The van der Waals surface area contributed by atoms with Crippen molar-refractivity contribution in [1.29, 1.82) is 0 Å². The average Bonchev–Trinajstić information content (AvgIpc) is 3.00. The molecular weight excluding hydrogens is 304 g/mol. The summed E-state index contributed by atoms with van der Waals surface area (Å²) in [5, 5.41) is 3.59. The Kier molecular flexibility index (Phi) is 4.66. The van der Waals surface area contributed by atoms with Crippen LogP contribution in [-0.2, 0) is 11.3 Å². The van der Waals surface area contributed by atoms with Crippen LogP contribution in [0.2, 0.25) is 0 Å². The molecule has 1 fully saturated rings. The molecule has 6 nitrogen and oxygen atoms in total. The summed E-state index contributed by atoms with van der Waals surface area (Å²) in [4.78, 5) is 31.7. The minimum atomic E-state index is -0.163. The molecule has 1 aromatic heterocycles. The lowest BCUT2D eigenvalue weighted by Crippen LogP contribution is -2.41. The molecule has 3 rings (SSSR count). The second kappa shape index (κ2) is 6.73. The molecule has 1 aliphatic heterocycles. The summed E-state index contributed by atoms with van der Waals surface area (Å²) < 4.78 is 1.45. The number of fused-ring (bicyclic) bond motifs is 1. The predicted molar refractivity (Wildman–Crippen MR) is 94.0 cm³/mol. The number of benzene rings is 1. The topological polar surface area (TPSA) is 67.2 Å². The number of amides is 1. The van der Waals surface area contributed by atoms with E-state index in [1.54, 1.807) is 13.0 Å². The van der Waals surface area contributed by atoms with Gasteiger partial charge in [-0.2, -0.15) is 0 Å². The summed E-state index contributed by atoms with van der Waals surface area (Å²) in [6, 6.07) is 7.87. The molecule has 1 amide bonds. The van der Waals surface area contributed by atoms with Gasteiger partial charge in [-0.15, -0.1) is 0 Å². The maximum atomic E-state index is 12.6. The van der Waals surface area contributed by atoms with Crippen molar-refractivity contribution in [2.24, 2.45) is 0 Å². The first kappa shape index (κ1) is 16.6. The van der Waals surface area contributed by atoms with Crippen molar-refractivity contribution in [3.8, 4) is 0 Å². The van der Waals surface area contributed by atoms with E-state index >= 15 is 0 Å². The zero-order valence-corrected chi connectivity index (χ0v) is 14.5. The summed E-state index contributed by atoms with van der Waals surface area (Å²) in [5.41, 5.74) is 0.503. The predicted octanol–water partition coefficient (Wildman–Crippen LogP) is 1.30. The van der Waals surface area contributed by atoms with Crippen molar-refractivity contribution in [2.75, 3.05) is 13.1 Å². The van der Waals surface area contributed by atoms with Crippen molar-refractivity contribution in [2.45, 2.75) is 45.8 Å². The third kappa shape index (κ3) is 3.33. The second-order valence-corrected chi connectivity index (χ2v) is 6.71. The number of carbonyl (C=O) groups excluding carboxylic acids is 1. The Morgan fingerprint density at radius 2 is 2.12 bits per heavy atom. The van der Waals surface area contributed by atoms with Crippen LogP contribution >= 0.6 is 0 Å². The van der Waals surface area contributed by atoms with Gasteiger partial charge in [0.2, 0.25) is 5.91 Å². The number of nitrogens with one attached hydrogen (secondary N) is 1. The summed E-state index contributed by atoms with van der Waals surface area (Å²) >= 11 is 0. The molecule has 0 aliphatic carbocycles. The normalized spacial score (nSPS) is 18.4. The van der Waals surface area contributed by atoms with Crippen LogP contribution in [0.1, 0.15) is 26.1 Å². The van der Waals surface area contributed by atoms with Crippen LogP contribution in [0.4, 0.5) is 0 Å². The highest BCUT2D eigenvalue weighted by Crippen LogP contribution is 2.12. The van der Waals surface area contributed by atoms with Crippen LogP contribution in [0, 0.1) is 6.92 Å². The third-order valence-corrected chi connectivity index (χ3v) is 4.67. The Labute approximate surface area is 141 Å². The van der Waals surface area contributed by atoms with Crippen LogP contribution in [0.5, 0.6) is 0 Å². The zero-order valence-electron chi connectivity index (χ0n) is 14.5. The number of hydrogen-bond donors (Lipinski definition) is 1. The van der Waals surface area contributed by atoms with Gasteiger partial charge in [0.25, 0.3) is 5.56 Å². The molecule has 128 valence electrons. The van der Waals surface area contributed by atoms with Gasteiger partial charge in [0, 0.05) is 25.2 Å². The van der Waals surface area contributed by atoms with E-state index in [9.17, 15) is 9.59 Å². The maximum Gasteiger partial charge on any atom is 0.261 e. The fourth-order valence-corrected chi connectivity index (χ4v) is 3.26. The molecular formula is C18H24N4O2. The number of para-hydroxylation sites is 1. The van der Waals surface area contributed by atoms with Crippen molar-refractivity contribution >= 4 is 16.8 Å². The van der Waals surface area contributed by atoms with Crippen molar-refractivity contribution in [3.05, 3.63) is 40.4 Å². The highest BCUT2D eigenvalue weighted by atomic mass is 16.2. The second-order valence-electron chi connectivity index (χ2n) is 6.71. The van der Waals surface area contributed by atoms with Crippen LogP contribution in [0.3, 0.4) is 0 Å².